The van der Waals surface area contributed by atoms with E-state index in [-0.39, 0.29) is 5.84 Å². The number of amidine groups is 1. The second-order valence-corrected chi connectivity index (χ2v) is 2.02. The number of amides is 2. The van der Waals surface area contributed by atoms with Crippen molar-refractivity contribution >= 4 is 11.9 Å². The number of carbonyl (C=O) groups is 1. The van der Waals surface area contributed by atoms with Crippen molar-refractivity contribution in [1.82, 2.24) is 5.32 Å². The topological polar surface area (TPSA) is 80.5 Å². The van der Waals surface area contributed by atoms with Crippen molar-refractivity contribution in [3.63, 3.8) is 0 Å². The molecule has 54 valence electrons. The van der Waals surface area contributed by atoms with Gasteiger partial charge in [0.2, 0.25) is 0 Å². The molecule has 0 spiro atoms. The molecule has 0 aromatic carbocycles. The molecule has 0 saturated carbocycles. The highest BCUT2D eigenvalue weighted by Gasteiger charge is 2.18. The average Bonchev–Trinajstić information content (AvgIpc) is 1.84. The number of hydroxylamine groups is 2. The van der Waals surface area contributed by atoms with Crippen molar-refractivity contribution in [2.45, 2.75) is 6.92 Å². The molecular formula is C5H7N3O2. The Morgan fingerprint density at radius 1 is 1.80 bits per heavy atom. The summed E-state index contributed by atoms with van der Waals surface area (Å²) >= 11 is 0. The number of rotatable bonds is 0. The predicted molar refractivity (Wildman–Crippen MR) is 34.3 cm³/mol. The Hall–Kier alpha value is -1.20. The number of urea groups is 1. The first-order chi connectivity index (χ1) is 4.61. The SMILES string of the molecule is CC1=C[NH+]([O-])C(=O)NC1=N. The largest absolute Gasteiger partial charge is 0.620 e. The second-order valence-electron chi connectivity index (χ2n) is 2.02. The maximum atomic E-state index is 10.6. The summed E-state index contributed by atoms with van der Waals surface area (Å²) in [5, 5.41) is 19.1. The van der Waals surface area contributed by atoms with Crippen molar-refractivity contribution in [3.05, 3.63) is 17.0 Å². The molecule has 0 aliphatic carbocycles. The zero-order valence-corrected chi connectivity index (χ0v) is 5.39. The average molecular weight is 141 g/mol. The zero-order valence-electron chi connectivity index (χ0n) is 5.39. The normalized spacial score (nSPS) is 25.8. The van der Waals surface area contributed by atoms with Gasteiger partial charge in [0.25, 0.3) is 0 Å². The monoisotopic (exact) mass is 141 g/mol. The highest BCUT2D eigenvalue weighted by molar-refractivity contribution is 6.04. The molecule has 0 aromatic rings. The lowest BCUT2D eigenvalue weighted by molar-refractivity contribution is -0.697. The Bertz CT molecular complexity index is 221. The first kappa shape index (κ1) is 6.91. The van der Waals surface area contributed by atoms with Crippen molar-refractivity contribution in [3.8, 4) is 0 Å². The van der Waals surface area contributed by atoms with Gasteiger partial charge in [-0.1, -0.05) is 0 Å². The van der Waals surface area contributed by atoms with Gasteiger partial charge in [-0.05, 0) is 6.92 Å². The summed E-state index contributed by atoms with van der Waals surface area (Å²) in [4.78, 5) is 10.5. The third-order valence-corrected chi connectivity index (χ3v) is 1.20. The van der Waals surface area contributed by atoms with Gasteiger partial charge in [-0.2, -0.15) is 0 Å². The number of carbonyl (C=O) groups excluding carboxylic acids is 1. The number of hydrogen-bond acceptors (Lipinski definition) is 3. The minimum atomic E-state index is -0.726. The molecule has 0 aromatic heterocycles. The molecule has 5 nitrogen and oxygen atoms in total. The van der Waals surface area contributed by atoms with Crippen molar-refractivity contribution in [2.75, 3.05) is 0 Å². The fraction of sp³-hybridized carbons (Fsp3) is 0.200. The molecule has 1 unspecified atom stereocenters. The highest BCUT2D eigenvalue weighted by atomic mass is 16.5. The Balaban J connectivity index is 2.89. The van der Waals surface area contributed by atoms with Crippen LogP contribution in [0.2, 0.25) is 0 Å². The summed E-state index contributed by atoms with van der Waals surface area (Å²) in [5.41, 5.74) is 0.490. The van der Waals surface area contributed by atoms with Crippen LogP contribution in [0.4, 0.5) is 4.79 Å². The molecular weight excluding hydrogens is 134 g/mol. The van der Waals surface area contributed by atoms with E-state index in [1.54, 1.807) is 6.92 Å². The van der Waals surface area contributed by atoms with E-state index in [4.69, 9.17) is 5.41 Å². The zero-order chi connectivity index (χ0) is 7.72. The van der Waals surface area contributed by atoms with Crippen LogP contribution in [-0.2, 0) is 0 Å². The molecule has 3 N–H and O–H groups in total. The van der Waals surface area contributed by atoms with E-state index in [0.717, 1.165) is 6.20 Å². The van der Waals surface area contributed by atoms with Gasteiger partial charge in [0.1, 0.15) is 12.0 Å². The fourth-order valence-corrected chi connectivity index (χ4v) is 0.608. The summed E-state index contributed by atoms with van der Waals surface area (Å²) in [7, 11) is 0. The molecule has 1 heterocycles. The van der Waals surface area contributed by atoms with Gasteiger partial charge >= 0.3 is 6.03 Å². The molecule has 0 radical (unpaired) electrons. The third kappa shape index (κ3) is 1.04. The Morgan fingerprint density at radius 3 is 2.90 bits per heavy atom. The van der Waals surface area contributed by atoms with Crippen LogP contribution in [0.3, 0.4) is 0 Å². The van der Waals surface area contributed by atoms with Crippen LogP contribution in [0.15, 0.2) is 11.8 Å². The molecule has 0 saturated heterocycles. The van der Waals surface area contributed by atoms with Gasteiger partial charge < -0.3 is 5.21 Å². The Labute approximate surface area is 57.4 Å². The molecule has 1 rings (SSSR count). The van der Waals surface area contributed by atoms with Crippen LogP contribution < -0.4 is 10.4 Å². The van der Waals surface area contributed by atoms with Gasteiger partial charge in [-0.3, -0.25) is 15.8 Å². The molecule has 1 aliphatic heterocycles. The lowest BCUT2D eigenvalue weighted by Gasteiger charge is -2.20. The fourth-order valence-electron chi connectivity index (χ4n) is 0.608. The van der Waals surface area contributed by atoms with Gasteiger partial charge in [-0.15, -0.1) is 0 Å². The first-order valence-corrected chi connectivity index (χ1v) is 2.74. The van der Waals surface area contributed by atoms with E-state index in [1.165, 1.54) is 0 Å². The first-order valence-electron chi connectivity index (χ1n) is 2.74. The van der Waals surface area contributed by atoms with E-state index in [0.29, 0.717) is 5.57 Å². The molecule has 2 amide bonds. The predicted octanol–water partition coefficient (Wildman–Crippen LogP) is -1.03. The number of quaternary nitrogens is 1. The van der Waals surface area contributed by atoms with Crippen LogP contribution in [0, 0.1) is 10.6 Å². The van der Waals surface area contributed by atoms with E-state index >= 15 is 0 Å². The van der Waals surface area contributed by atoms with Crippen LogP contribution in [-0.4, -0.2) is 11.9 Å². The van der Waals surface area contributed by atoms with Crippen molar-refractivity contribution in [1.29, 1.82) is 5.41 Å². The molecule has 10 heavy (non-hydrogen) atoms. The van der Waals surface area contributed by atoms with Crippen LogP contribution >= 0.6 is 0 Å². The van der Waals surface area contributed by atoms with Gasteiger partial charge in [0.15, 0.2) is 0 Å². The van der Waals surface area contributed by atoms with Gasteiger partial charge in [0.05, 0.1) is 0 Å². The van der Waals surface area contributed by atoms with Gasteiger partial charge in [-0.25, -0.2) is 4.79 Å². The van der Waals surface area contributed by atoms with Gasteiger partial charge in [0, 0.05) is 5.57 Å². The standard InChI is InChI=1S/C5H7N3O2/c1-3-2-8(10)5(9)7-4(3)6/h2,8H,1H3,(H2,6,7,9). The molecule has 1 aliphatic rings. The Kier molecular flexibility index (Phi) is 1.52. The second kappa shape index (κ2) is 2.20. The highest BCUT2D eigenvalue weighted by Crippen LogP contribution is 1.90. The van der Waals surface area contributed by atoms with Crippen LogP contribution in [0.5, 0.6) is 0 Å². The van der Waals surface area contributed by atoms with Crippen molar-refractivity contribution in [2.24, 2.45) is 0 Å². The summed E-state index contributed by atoms with van der Waals surface area (Å²) in [5.74, 6) is 0.00426. The molecule has 1 atom stereocenters. The summed E-state index contributed by atoms with van der Waals surface area (Å²) in [6.07, 6.45) is 1.15. The third-order valence-electron chi connectivity index (χ3n) is 1.20. The summed E-state index contributed by atoms with van der Waals surface area (Å²) in [6.45, 7) is 1.60. The lowest BCUT2D eigenvalue weighted by Crippen LogP contribution is -3.08. The maximum Gasteiger partial charge on any atom is 0.425 e. The number of hydrogen-bond donors (Lipinski definition) is 3. The molecule has 0 bridgehead atoms. The van der Waals surface area contributed by atoms with E-state index < -0.39 is 11.1 Å². The number of nitrogens with one attached hydrogen (secondary N) is 3. The van der Waals surface area contributed by atoms with E-state index in [1.807, 2.05) is 0 Å². The molecule has 0 fully saturated rings. The summed E-state index contributed by atoms with van der Waals surface area (Å²) in [6, 6.07) is -0.726. The summed E-state index contributed by atoms with van der Waals surface area (Å²) < 4.78 is 0. The van der Waals surface area contributed by atoms with Crippen LogP contribution in [0.25, 0.3) is 0 Å². The Morgan fingerprint density at radius 2 is 2.40 bits per heavy atom. The minimum Gasteiger partial charge on any atom is -0.620 e. The van der Waals surface area contributed by atoms with E-state index in [2.05, 4.69) is 5.32 Å². The van der Waals surface area contributed by atoms with E-state index in [9.17, 15) is 10.0 Å². The smallest absolute Gasteiger partial charge is 0.425 e. The minimum absolute atomic E-state index is 0.00426. The molecule has 5 heteroatoms. The quantitative estimate of drug-likeness (QED) is 0.377. The van der Waals surface area contributed by atoms with Crippen molar-refractivity contribution < 1.29 is 9.86 Å². The lowest BCUT2D eigenvalue weighted by atomic mass is 10.3. The maximum absolute atomic E-state index is 10.6. The van der Waals surface area contributed by atoms with Crippen LogP contribution in [0.1, 0.15) is 6.92 Å².